The van der Waals surface area contributed by atoms with Gasteiger partial charge in [-0.25, -0.2) is 4.79 Å². The predicted octanol–water partition coefficient (Wildman–Crippen LogP) is 5.07. The molecule has 170 valence electrons. The van der Waals surface area contributed by atoms with Gasteiger partial charge in [-0.15, -0.1) is 6.58 Å². The molecule has 1 aliphatic heterocycles. The van der Waals surface area contributed by atoms with Gasteiger partial charge in [0.1, 0.15) is 11.3 Å². The van der Waals surface area contributed by atoms with Gasteiger partial charge in [-0.3, -0.25) is 4.79 Å². The number of rotatable bonds is 5. The topological polar surface area (TPSA) is 55.8 Å². The molecule has 32 heavy (non-hydrogen) atoms. The van der Waals surface area contributed by atoms with Crippen LogP contribution in [0.25, 0.3) is 0 Å². The number of fused-ring (bicyclic) bond motifs is 1. The highest BCUT2D eigenvalue weighted by Gasteiger charge is 2.50. The Hall–Kier alpha value is -3.08. The van der Waals surface area contributed by atoms with Gasteiger partial charge in [-0.2, -0.15) is 0 Å². The van der Waals surface area contributed by atoms with Crippen LogP contribution in [-0.4, -0.2) is 36.5 Å². The van der Waals surface area contributed by atoms with Gasteiger partial charge in [0.05, 0.1) is 14.2 Å². The molecule has 1 unspecified atom stereocenters. The monoisotopic (exact) mass is 435 g/mol. The van der Waals surface area contributed by atoms with E-state index in [4.69, 9.17) is 9.47 Å². The fraction of sp³-hybridized carbons (Fsp3) is 0.407. The minimum absolute atomic E-state index is 0.132. The van der Waals surface area contributed by atoms with Gasteiger partial charge >= 0.3 is 5.97 Å². The second-order valence-corrected chi connectivity index (χ2v) is 9.66. The molecule has 0 N–H and O–H groups in total. The first-order valence-corrected chi connectivity index (χ1v) is 10.8. The summed E-state index contributed by atoms with van der Waals surface area (Å²) in [6.07, 6.45) is 0.711. The molecule has 0 aromatic heterocycles. The number of amides is 1. The maximum atomic E-state index is 13.9. The van der Waals surface area contributed by atoms with Crippen molar-refractivity contribution in [1.29, 1.82) is 0 Å². The second kappa shape index (κ2) is 8.81. The van der Waals surface area contributed by atoms with Gasteiger partial charge in [0.25, 0.3) is 5.91 Å². The van der Waals surface area contributed by atoms with Crippen molar-refractivity contribution in [1.82, 2.24) is 4.90 Å². The van der Waals surface area contributed by atoms with Crippen LogP contribution in [0.5, 0.6) is 5.75 Å². The van der Waals surface area contributed by atoms with Crippen molar-refractivity contribution in [3.05, 3.63) is 76.9 Å². The van der Waals surface area contributed by atoms with Crippen LogP contribution >= 0.6 is 0 Å². The molecule has 0 radical (unpaired) electrons. The van der Waals surface area contributed by atoms with Crippen molar-refractivity contribution in [2.45, 2.75) is 58.0 Å². The van der Waals surface area contributed by atoms with Crippen LogP contribution < -0.4 is 4.74 Å². The van der Waals surface area contributed by atoms with Crippen LogP contribution in [0.1, 0.15) is 61.2 Å². The average molecular weight is 436 g/mol. The van der Waals surface area contributed by atoms with Gasteiger partial charge in [0, 0.05) is 24.9 Å². The Bertz CT molecular complexity index is 1050. The van der Waals surface area contributed by atoms with Crippen molar-refractivity contribution >= 4 is 11.9 Å². The van der Waals surface area contributed by atoms with E-state index in [1.54, 1.807) is 18.1 Å². The standard InChI is InChI=1S/C27H33NO4/c1-18(2)15-27(25(30)32-7)16-20-10-8-9-11-21(20)17-28(27)24(29)19-12-13-22(26(3,4)5)23(14-19)31-6/h8-14H,1,15-17H2,2-7H3. The normalized spacial score (nSPS) is 18.0. The molecule has 1 atom stereocenters. The van der Waals surface area contributed by atoms with Gasteiger partial charge in [0.15, 0.2) is 0 Å². The van der Waals surface area contributed by atoms with Crippen molar-refractivity contribution in [2.24, 2.45) is 0 Å². The lowest BCUT2D eigenvalue weighted by atomic mass is 9.78. The highest BCUT2D eigenvalue weighted by atomic mass is 16.5. The molecule has 5 heteroatoms. The summed E-state index contributed by atoms with van der Waals surface area (Å²) in [6, 6.07) is 13.4. The number of hydrogen-bond acceptors (Lipinski definition) is 4. The van der Waals surface area contributed by atoms with E-state index in [0.717, 1.165) is 22.3 Å². The van der Waals surface area contributed by atoms with Crippen molar-refractivity contribution in [3.8, 4) is 5.75 Å². The molecule has 2 aromatic carbocycles. The Labute approximate surface area is 191 Å². The largest absolute Gasteiger partial charge is 0.496 e. The smallest absolute Gasteiger partial charge is 0.332 e. The van der Waals surface area contributed by atoms with Crippen molar-refractivity contribution < 1.29 is 19.1 Å². The van der Waals surface area contributed by atoms with E-state index in [1.807, 2.05) is 43.3 Å². The van der Waals surface area contributed by atoms with Gasteiger partial charge in [-0.1, -0.05) is 56.7 Å². The summed E-state index contributed by atoms with van der Waals surface area (Å²) >= 11 is 0. The first-order chi connectivity index (χ1) is 15.0. The van der Waals surface area contributed by atoms with Gasteiger partial charge in [0.2, 0.25) is 0 Å². The van der Waals surface area contributed by atoms with E-state index in [0.29, 0.717) is 30.7 Å². The third kappa shape index (κ3) is 4.29. The quantitative estimate of drug-likeness (QED) is 0.486. The third-order valence-electron chi connectivity index (χ3n) is 6.11. The summed E-state index contributed by atoms with van der Waals surface area (Å²) < 4.78 is 10.9. The average Bonchev–Trinajstić information content (AvgIpc) is 2.75. The third-order valence-corrected chi connectivity index (χ3v) is 6.11. The molecular formula is C27H33NO4. The maximum Gasteiger partial charge on any atom is 0.332 e. The molecule has 2 aromatic rings. The fourth-order valence-electron chi connectivity index (χ4n) is 4.58. The van der Waals surface area contributed by atoms with Crippen LogP contribution in [0.3, 0.4) is 0 Å². The van der Waals surface area contributed by atoms with Crippen LogP contribution in [0.2, 0.25) is 0 Å². The number of benzene rings is 2. The summed E-state index contributed by atoms with van der Waals surface area (Å²) in [4.78, 5) is 28.8. The Morgan fingerprint density at radius 1 is 1.09 bits per heavy atom. The maximum absolute atomic E-state index is 13.9. The lowest BCUT2D eigenvalue weighted by Crippen LogP contribution is -2.60. The van der Waals surface area contributed by atoms with Gasteiger partial charge in [-0.05, 0) is 41.2 Å². The molecular weight excluding hydrogens is 402 g/mol. The Balaban J connectivity index is 2.14. The number of methoxy groups -OCH3 is 2. The molecule has 0 fully saturated rings. The van der Waals surface area contributed by atoms with Crippen LogP contribution in [0.15, 0.2) is 54.6 Å². The van der Waals surface area contributed by atoms with E-state index in [1.165, 1.54) is 7.11 Å². The number of nitrogens with zero attached hydrogens (tertiary/aromatic N) is 1. The SMILES string of the molecule is C=C(C)CC1(C(=O)OC)Cc2ccccc2CN1C(=O)c1ccc(C(C)(C)C)c(OC)c1. The number of carbonyl (C=O) groups is 2. The number of ether oxygens (including phenoxy) is 2. The van der Waals surface area contributed by atoms with E-state index in [9.17, 15) is 9.59 Å². The Kier molecular flexibility index (Phi) is 6.49. The summed E-state index contributed by atoms with van der Waals surface area (Å²) in [5.74, 6) is -0.00382. The summed E-state index contributed by atoms with van der Waals surface area (Å²) in [5, 5.41) is 0. The molecule has 1 amide bonds. The minimum atomic E-state index is -1.15. The zero-order valence-electron chi connectivity index (χ0n) is 20.0. The molecule has 0 saturated carbocycles. The highest BCUT2D eigenvalue weighted by molar-refractivity contribution is 5.99. The van der Waals surface area contributed by atoms with Crippen LogP contribution in [-0.2, 0) is 27.9 Å². The lowest BCUT2D eigenvalue weighted by Gasteiger charge is -2.46. The zero-order valence-corrected chi connectivity index (χ0v) is 20.0. The Morgan fingerprint density at radius 2 is 1.75 bits per heavy atom. The Morgan fingerprint density at radius 3 is 2.31 bits per heavy atom. The van der Waals surface area contributed by atoms with E-state index < -0.39 is 11.5 Å². The predicted molar refractivity (Wildman–Crippen MR) is 126 cm³/mol. The summed E-state index contributed by atoms with van der Waals surface area (Å²) in [7, 11) is 2.97. The summed E-state index contributed by atoms with van der Waals surface area (Å²) in [5.41, 5.74) is 3.10. The zero-order chi connectivity index (χ0) is 23.7. The van der Waals surface area contributed by atoms with E-state index in [2.05, 4.69) is 27.4 Å². The molecule has 0 bridgehead atoms. The van der Waals surface area contributed by atoms with Crippen LogP contribution in [0.4, 0.5) is 0 Å². The van der Waals surface area contributed by atoms with E-state index in [-0.39, 0.29) is 11.3 Å². The molecule has 1 aliphatic rings. The summed E-state index contributed by atoms with van der Waals surface area (Å²) in [6.45, 7) is 12.5. The molecule has 0 saturated heterocycles. The number of hydrogen-bond donors (Lipinski definition) is 0. The number of carbonyl (C=O) groups excluding carboxylic acids is 2. The fourth-order valence-corrected chi connectivity index (χ4v) is 4.58. The second-order valence-electron chi connectivity index (χ2n) is 9.66. The molecule has 3 rings (SSSR count). The minimum Gasteiger partial charge on any atom is -0.496 e. The van der Waals surface area contributed by atoms with Crippen molar-refractivity contribution in [3.63, 3.8) is 0 Å². The first kappa shape index (κ1) is 23.6. The molecule has 0 spiro atoms. The van der Waals surface area contributed by atoms with Crippen molar-refractivity contribution in [2.75, 3.05) is 14.2 Å². The first-order valence-electron chi connectivity index (χ1n) is 10.8. The number of esters is 1. The lowest BCUT2D eigenvalue weighted by molar-refractivity contribution is -0.154. The molecule has 1 heterocycles. The van der Waals surface area contributed by atoms with Gasteiger partial charge < -0.3 is 14.4 Å². The van der Waals surface area contributed by atoms with Crippen LogP contribution in [0, 0.1) is 0 Å². The molecule has 5 nitrogen and oxygen atoms in total. The molecule has 0 aliphatic carbocycles. The van der Waals surface area contributed by atoms with E-state index >= 15 is 0 Å². The highest BCUT2D eigenvalue weighted by Crippen LogP contribution is 2.39.